The third-order valence-electron chi connectivity index (χ3n) is 2.47. The van der Waals surface area contributed by atoms with E-state index in [1.54, 1.807) is 4.90 Å². The summed E-state index contributed by atoms with van der Waals surface area (Å²) in [7, 11) is 1.83. The summed E-state index contributed by atoms with van der Waals surface area (Å²) in [6, 6.07) is 0. The van der Waals surface area contributed by atoms with Crippen molar-refractivity contribution in [1.29, 1.82) is 0 Å². The number of amides is 1. The van der Waals surface area contributed by atoms with Crippen LogP contribution in [0.15, 0.2) is 0 Å². The zero-order valence-corrected chi connectivity index (χ0v) is 7.75. The van der Waals surface area contributed by atoms with Gasteiger partial charge in [-0.15, -0.1) is 0 Å². The highest BCUT2D eigenvalue weighted by Gasteiger charge is 2.13. The molecule has 0 aromatic carbocycles. The maximum absolute atomic E-state index is 10.2. The maximum Gasteiger partial charge on any atom is 0.209 e. The molecule has 0 bridgehead atoms. The van der Waals surface area contributed by atoms with Gasteiger partial charge in [0, 0.05) is 13.6 Å². The molecule has 0 aromatic heterocycles. The third-order valence-corrected chi connectivity index (χ3v) is 2.47. The summed E-state index contributed by atoms with van der Waals surface area (Å²) in [5.74, 6) is 0.852. The van der Waals surface area contributed by atoms with Gasteiger partial charge in [0.25, 0.3) is 0 Å². The summed E-state index contributed by atoms with van der Waals surface area (Å²) in [5.41, 5.74) is 0. The average Bonchev–Trinajstić information content (AvgIpc) is 2.57. The van der Waals surface area contributed by atoms with Crippen LogP contribution in [0.2, 0.25) is 0 Å². The van der Waals surface area contributed by atoms with Crippen LogP contribution in [0.5, 0.6) is 0 Å². The Morgan fingerprint density at radius 1 is 1.67 bits per heavy atom. The molecule has 1 fully saturated rings. The Hall–Kier alpha value is -0.570. The molecule has 3 heteroatoms. The lowest BCUT2D eigenvalue weighted by Crippen LogP contribution is -2.18. The summed E-state index contributed by atoms with van der Waals surface area (Å²) in [5, 5.41) is 3.34. The molecular formula is C9H18N2O. The molecule has 1 saturated heterocycles. The topological polar surface area (TPSA) is 32.3 Å². The minimum absolute atomic E-state index is 0.852. The van der Waals surface area contributed by atoms with Gasteiger partial charge in [-0.05, 0) is 38.3 Å². The number of hydrogen-bond acceptors (Lipinski definition) is 2. The molecule has 1 unspecified atom stereocenters. The van der Waals surface area contributed by atoms with Gasteiger partial charge < -0.3 is 10.2 Å². The van der Waals surface area contributed by atoms with Gasteiger partial charge >= 0.3 is 0 Å². The van der Waals surface area contributed by atoms with E-state index in [-0.39, 0.29) is 0 Å². The molecule has 0 spiro atoms. The fourth-order valence-corrected chi connectivity index (χ4v) is 1.64. The van der Waals surface area contributed by atoms with Crippen LogP contribution in [0.25, 0.3) is 0 Å². The second-order valence-electron chi connectivity index (χ2n) is 3.59. The minimum atomic E-state index is 0.852. The molecule has 0 aromatic rings. The van der Waals surface area contributed by atoms with Gasteiger partial charge in [0.05, 0.1) is 0 Å². The third kappa shape index (κ3) is 3.22. The predicted molar refractivity (Wildman–Crippen MR) is 48.9 cm³/mol. The molecule has 0 aliphatic carbocycles. The number of nitrogens with zero attached hydrogens (tertiary/aromatic N) is 1. The Bertz CT molecular complexity index is 132. The van der Waals surface area contributed by atoms with Crippen LogP contribution in [0, 0.1) is 5.92 Å². The largest absolute Gasteiger partial charge is 0.348 e. The molecule has 1 aliphatic rings. The second kappa shape index (κ2) is 5.14. The number of carbonyl (C=O) groups is 1. The summed E-state index contributed by atoms with van der Waals surface area (Å²) in [4.78, 5) is 12.0. The summed E-state index contributed by atoms with van der Waals surface area (Å²) in [6.07, 6.45) is 4.60. The first-order valence-corrected chi connectivity index (χ1v) is 4.69. The monoisotopic (exact) mass is 170 g/mol. The second-order valence-corrected chi connectivity index (χ2v) is 3.59. The van der Waals surface area contributed by atoms with Crippen molar-refractivity contribution in [3.05, 3.63) is 0 Å². The van der Waals surface area contributed by atoms with Crippen molar-refractivity contribution >= 4 is 6.41 Å². The lowest BCUT2D eigenvalue weighted by Gasteiger charge is -2.12. The zero-order valence-electron chi connectivity index (χ0n) is 7.75. The predicted octanol–water partition coefficient (Wildman–Crippen LogP) is 0.464. The highest BCUT2D eigenvalue weighted by atomic mass is 16.1. The van der Waals surface area contributed by atoms with Crippen molar-refractivity contribution in [2.75, 3.05) is 26.7 Å². The molecule has 0 radical (unpaired) electrons. The zero-order chi connectivity index (χ0) is 8.81. The molecule has 1 amide bonds. The Kier molecular flexibility index (Phi) is 4.08. The summed E-state index contributed by atoms with van der Waals surface area (Å²) < 4.78 is 0. The quantitative estimate of drug-likeness (QED) is 0.608. The molecule has 1 N–H and O–H groups in total. The molecule has 1 rings (SSSR count). The number of carbonyl (C=O) groups excluding carboxylic acids is 1. The van der Waals surface area contributed by atoms with Gasteiger partial charge in [0.15, 0.2) is 0 Å². The molecule has 0 saturated carbocycles. The van der Waals surface area contributed by atoms with E-state index in [2.05, 4.69) is 5.32 Å². The Balaban J connectivity index is 1.97. The van der Waals surface area contributed by atoms with Crippen molar-refractivity contribution in [2.45, 2.75) is 19.3 Å². The summed E-state index contributed by atoms with van der Waals surface area (Å²) in [6.45, 7) is 3.25. The first kappa shape index (κ1) is 9.52. The Labute approximate surface area is 74.1 Å². The van der Waals surface area contributed by atoms with Crippen molar-refractivity contribution in [3.8, 4) is 0 Å². The Morgan fingerprint density at radius 2 is 2.50 bits per heavy atom. The van der Waals surface area contributed by atoms with Crippen molar-refractivity contribution < 1.29 is 4.79 Å². The fourth-order valence-electron chi connectivity index (χ4n) is 1.64. The molecular weight excluding hydrogens is 152 g/mol. The van der Waals surface area contributed by atoms with Crippen LogP contribution in [-0.4, -0.2) is 38.0 Å². The highest BCUT2D eigenvalue weighted by molar-refractivity contribution is 5.46. The van der Waals surface area contributed by atoms with E-state index < -0.39 is 0 Å². The lowest BCUT2D eigenvalue weighted by atomic mass is 10.0. The molecule has 70 valence electrons. The van der Waals surface area contributed by atoms with Crippen LogP contribution >= 0.6 is 0 Å². The minimum Gasteiger partial charge on any atom is -0.348 e. The normalized spacial score (nSPS) is 22.6. The number of nitrogens with one attached hydrogen (secondary N) is 1. The van der Waals surface area contributed by atoms with Crippen LogP contribution in [0.1, 0.15) is 19.3 Å². The van der Waals surface area contributed by atoms with E-state index >= 15 is 0 Å². The summed E-state index contributed by atoms with van der Waals surface area (Å²) >= 11 is 0. The lowest BCUT2D eigenvalue weighted by molar-refractivity contribution is -0.117. The first-order valence-electron chi connectivity index (χ1n) is 4.69. The van der Waals surface area contributed by atoms with E-state index in [4.69, 9.17) is 0 Å². The molecule has 1 atom stereocenters. The standard InChI is InChI=1S/C9H18N2O/c1-11(8-12)6-2-3-9-4-5-10-7-9/h8-10H,2-7H2,1H3. The first-order chi connectivity index (χ1) is 5.83. The van der Waals surface area contributed by atoms with Gasteiger partial charge in [-0.25, -0.2) is 0 Å². The van der Waals surface area contributed by atoms with Gasteiger partial charge in [0.2, 0.25) is 6.41 Å². The van der Waals surface area contributed by atoms with Crippen LogP contribution in [-0.2, 0) is 4.79 Å². The van der Waals surface area contributed by atoms with Gasteiger partial charge in [-0.2, -0.15) is 0 Å². The van der Waals surface area contributed by atoms with Crippen molar-refractivity contribution in [3.63, 3.8) is 0 Å². The molecule has 1 aliphatic heterocycles. The van der Waals surface area contributed by atoms with E-state index in [1.807, 2.05) is 7.05 Å². The van der Waals surface area contributed by atoms with E-state index in [1.165, 1.54) is 25.9 Å². The van der Waals surface area contributed by atoms with Crippen LogP contribution < -0.4 is 5.32 Å². The Morgan fingerprint density at radius 3 is 3.08 bits per heavy atom. The van der Waals surface area contributed by atoms with Crippen molar-refractivity contribution in [2.24, 2.45) is 5.92 Å². The fraction of sp³-hybridized carbons (Fsp3) is 0.889. The average molecular weight is 170 g/mol. The van der Waals surface area contributed by atoms with Crippen molar-refractivity contribution in [1.82, 2.24) is 10.2 Å². The molecule has 1 heterocycles. The van der Waals surface area contributed by atoms with Crippen LogP contribution in [0.3, 0.4) is 0 Å². The molecule has 12 heavy (non-hydrogen) atoms. The smallest absolute Gasteiger partial charge is 0.209 e. The number of rotatable bonds is 5. The SMILES string of the molecule is CN(C=O)CCCC1CCNC1. The van der Waals surface area contributed by atoms with Gasteiger partial charge in [-0.3, -0.25) is 4.79 Å². The van der Waals surface area contributed by atoms with Crippen LogP contribution in [0.4, 0.5) is 0 Å². The van der Waals surface area contributed by atoms with E-state index in [0.717, 1.165) is 25.3 Å². The maximum atomic E-state index is 10.2. The van der Waals surface area contributed by atoms with Gasteiger partial charge in [-0.1, -0.05) is 0 Å². The number of hydrogen-bond donors (Lipinski definition) is 1. The van der Waals surface area contributed by atoms with E-state index in [0.29, 0.717) is 0 Å². The van der Waals surface area contributed by atoms with E-state index in [9.17, 15) is 4.79 Å². The molecule has 3 nitrogen and oxygen atoms in total. The highest BCUT2D eigenvalue weighted by Crippen LogP contribution is 2.13. The van der Waals surface area contributed by atoms with Gasteiger partial charge in [0.1, 0.15) is 0 Å².